The van der Waals surface area contributed by atoms with Crippen molar-refractivity contribution in [2.75, 3.05) is 32.6 Å². The minimum atomic E-state index is -3.14. The van der Waals surface area contributed by atoms with Crippen LogP contribution in [0.25, 0.3) is 0 Å². The second-order valence-corrected chi connectivity index (χ2v) is 7.13. The Morgan fingerprint density at radius 1 is 1.10 bits per heavy atom. The maximum atomic E-state index is 11.3. The van der Waals surface area contributed by atoms with E-state index in [-0.39, 0.29) is 6.10 Å². The molecule has 0 aliphatic carbocycles. The number of sulfone groups is 1. The van der Waals surface area contributed by atoms with Gasteiger partial charge in [0.2, 0.25) is 0 Å². The molecule has 0 amide bonds. The molecule has 5 nitrogen and oxygen atoms in total. The molecule has 120 valence electrons. The summed E-state index contributed by atoms with van der Waals surface area (Å²) in [5.74, 6) is 0.673. The fourth-order valence-corrected chi connectivity index (χ4v) is 2.30. The highest BCUT2D eigenvalue weighted by molar-refractivity contribution is 7.90. The second kappa shape index (κ2) is 9.02. The van der Waals surface area contributed by atoms with Gasteiger partial charge in [-0.1, -0.05) is 0 Å². The highest BCUT2D eigenvalue weighted by atomic mass is 32.2. The Balaban J connectivity index is 2.13. The van der Waals surface area contributed by atoms with E-state index < -0.39 is 9.84 Å². The molecule has 1 N–H and O–H groups in total. The predicted molar refractivity (Wildman–Crippen MR) is 83.6 cm³/mol. The quantitative estimate of drug-likeness (QED) is 0.668. The zero-order valence-electron chi connectivity index (χ0n) is 13.0. The summed E-state index contributed by atoms with van der Waals surface area (Å²) in [5.41, 5.74) is 0. The molecule has 1 aromatic rings. The third-order valence-electron chi connectivity index (χ3n) is 2.75. The Kier molecular flexibility index (Phi) is 7.71. The van der Waals surface area contributed by atoms with Crippen molar-refractivity contribution in [1.82, 2.24) is 5.32 Å². The molecule has 0 radical (unpaired) electrons. The van der Waals surface area contributed by atoms with Crippen LogP contribution in [0.2, 0.25) is 0 Å². The molecule has 0 unspecified atom stereocenters. The summed E-state index contributed by atoms with van der Waals surface area (Å²) in [5, 5.41) is 3.26. The fourth-order valence-electron chi connectivity index (χ4n) is 1.67. The smallest absolute Gasteiger partial charge is 0.175 e. The summed E-state index contributed by atoms with van der Waals surface area (Å²) in [6.45, 7) is 6.99. The molecule has 0 atom stereocenters. The summed E-state index contributed by atoms with van der Waals surface area (Å²) in [6, 6.07) is 6.46. The molecule has 0 aliphatic rings. The summed E-state index contributed by atoms with van der Waals surface area (Å²) in [4.78, 5) is 0.304. The topological polar surface area (TPSA) is 64.6 Å². The van der Waals surface area contributed by atoms with Crippen molar-refractivity contribution in [3.05, 3.63) is 24.3 Å². The van der Waals surface area contributed by atoms with Gasteiger partial charge in [0.25, 0.3) is 0 Å². The standard InChI is InChI=1S/C15H25NO4S/c1-13(2)19-11-4-9-16-10-12-20-14-5-7-15(8-6-14)21(3,17)18/h5-8,13,16H,4,9-12H2,1-3H3. The first-order valence-corrected chi connectivity index (χ1v) is 9.04. The monoisotopic (exact) mass is 315 g/mol. The van der Waals surface area contributed by atoms with Gasteiger partial charge in [-0.2, -0.15) is 0 Å². The molecule has 0 saturated heterocycles. The van der Waals surface area contributed by atoms with Gasteiger partial charge in [0, 0.05) is 19.4 Å². The Morgan fingerprint density at radius 2 is 1.76 bits per heavy atom. The Hall–Kier alpha value is -1.11. The van der Waals surface area contributed by atoms with E-state index in [1.54, 1.807) is 24.3 Å². The number of benzene rings is 1. The van der Waals surface area contributed by atoms with Crippen LogP contribution in [-0.2, 0) is 14.6 Å². The molecular formula is C15H25NO4S. The van der Waals surface area contributed by atoms with Crippen molar-refractivity contribution in [3.8, 4) is 5.75 Å². The first-order chi connectivity index (χ1) is 9.89. The summed E-state index contributed by atoms with van der Waals surface area (Å²) >= 11 is 0. The largest absolute Gasteiger partial charge is 0.492 e. The van der Waals surface area contributed by atoms with Crippen LogP contribution in [0.3, 0.4) is 0 Å². The zero-order chi connectivity index (χ0) is 15.7. The number of rotatable bonds is 10. The van der Waals surface area contributed by atoms with Crippen molar-refractivity contribution in [3.63, 3.8) is 0 Å². The number of nitrogens with one attached hydrogen (secondary N) is 1. The van der Waals surface area contributed by atoms with Gasteiger partial charge in [-0.05, 0) is 51.1 Å². The van der Waals surface area contributed by atoms with Crippen LogP contribution in [0.1, 0.15) is 20.3 Å². The van der Waals surface area contributed by atoms with Crippen molar-refractivity contribution in [2.24, 2.45) is 0 Å². The predicted octanol–water partition coefficient (Wildman–Crippen LogP) is 1.87. The molecule has 0 saturated carbocycles. The van der Waals surface area contributed by atoms with Crippen molar-refractivity contribution >= 4 is 9.84 Å². The molecule has 0 spiro atoms. The molecule has 1 rings (SSSR count). The average molecular weight is 315 g/mol. The molecule has 6 heteroatoms. The second-order valence-electron chi connectivity index (χ2n) is 5.12. The van der Waals surface area contributed by atoms with Crippen LogP contribution in [0.15, 0.2) is 29.2 Å². The normalized spacial score (nSPS) is 11.8. The number of ether oxygens (including phenoxy) is 2. The Morgan fingerprint density at radius 3 is 2.33 bits per heavy atom. The maximum Gasteiger partial charge on any atom is 0.175 e. The van der Waals surface area contributed by atoms with Crippen LogP contribution in [0.5, 0.6) is 5.75 Å². The van der Waals surface area contributed by atoms with Crippen LogP contribution in [0.4, 0.5) is 0 Å². The maximum absolute atomic E-state index is 11.3. The Bertz CT molecular complexity index is 497. The molecule has 0 fully saturated rings. The van der Waals surface area contributed by atoms with E-state index in [9.17, 15) is 8.42 Å². The van der Waals surface area contributed by atoms with Gasteiger partial charge in [-0.15, -0.1) is 0 Å². The highest BCUT2D eigenvalue weighted by Gasteiger charge is 2.06. The lowest BCUT2D eigenvalue weighted by molar-refractivity contribution is 0.0770. The summed E-state index contributed by atoms with van der Waals surface area (Å²) in [7, 11) is -3.14. The number of hydrogen-bond acceptors (Lipinski definition) is 5. The molecule has 0 bridgehead atoms. The lowest BCUT2D eigenvalue weighted by atomic mass is 10.3. The number of hydrogen-bond donors (Lipinski definition) is 1. The van der Waals surface area contributed by atoms with E-state index in [0.29, 0.717) is 17.3 Å². The fraction of sp³-hybridized carbons (Fsp3) is 0.600. The zero-order valence-corrected chi connectivity index (χ0v) is 13.8. The average Bonchev–Trinajstić information content (AvgIpc) is 2.41. The highest BCUT2D eigenvalue weighted by Crippen LogP contribution is 2.15. The van der Waals surface area contributed by atoms with Crippen LogP contribution in [-0.4, -0.2) is 47.1 Å². The third kappa shape index (κ3) is 8.04. The molecule has 0 aromatic heterocycles. The molecule has 1 aromatic carbocycles. The van der Waals surface area contributed by atoms with Gasteiger partial charge in [-0.3, -0.25) is 0 Å². The van der Waals surface area contributed by atoms with E-state index in [2.05, 4.69) is 5.32 Å². The van der Waals surface area contributed by atoms with Gasteiger partial charge < -0.3 is 14.8 Å². The first-order valence-electron chi connectivity index (χ1n) is 7.15. The van der Waals surface area contributed by atoms with Crippen molar-refractivity contribution in [1.29, 1.82) is 0 Å². The minimum Gasteiger partial charge on any atom is -0.492 e. The lowest BCUT2D eigenvalue weighted by Crippen LogP contribution is -2.23. The van der Waals surface area contributed by atoms with Gasteiger partial charge in [-0.25, -0.2) is 8.42 Å². The summed E-state index contributed by atoms with van der Waals surface area (Å²) in [6.07, 6.45) is 2.44. The van der Waals surface area contributed by atoms with E-state index in [0.717, 1.165) is 26.1 Å². The molecule has 21 heavy (non-hydrogen) atoms. The molecule has 0 aliphatic heterocycles. The third-order valence-corrected chi connectivity index (χ3v) is 3.88. The Labute approximate surface area is 127 Å². The van der Waals surface area contributed by atoms with Crippen LogP contribution in [0, 0.1) is 0 Å². The SMILES string of the molecule is CC(C)OCCCNCCOc1ccc(S(C)(=O)=O)cc1. The van der Waals surface area contributed by atoms with E-state index in [1.807, 2.05) is 13.8 Å². The molecule has 0 heterocycles. The van der Waals surface area contributed by atoms with Gasteiger partial charge in [0.1, 0.15) is 12.4 Å². The van der Waals surface area contributed by atoms with Crippen LogP contribution < -0.4 is 10.1 Å². The van der Waals surface area contributed by atoms with E-state index in [1.165, 1.54) is 6.26 Å². The van der Waals surface area contributed by atoms with E-state index >= 15 is 0 Å². The first kappa shape index (κ1) is 17.9. The van der Waals surface area contributed by atoms with E-state index in [4.69, 9.17) is 9.47 Å². The minimum absolute atomic E-state index is 0.281. The van der Waals surface area contributed by atoms with Gasteiger partial charge in [0.15, 0.2) is 9.84 Å². The summed E-state index contributed by atoms with van der Waals surface area (Å²) < 4.78 is 33.6. The van der Waals surface area contributed by atoms with Crippen molar-refractivity contribution < 1.29 is 17.9 Å². The van der Waals surface area contributed by atoms with Gasteiger partial charge in [0.05, 0.1) is 11.0 Å². The van der Waals surface area contributed by atoms with Crippen LogP contribution >= 0.6 is 0 Å². The van der Waals surface area contributed by atoms with Gasteiger partial charge >= 0.3 is 0 Å². The lowest BCUT2D eigenvalue weighted by Gasteiger charge is -2.09. The molecular weight excluding hydrogens is 290 g/mol. The van der Waals surface area contributed by atoms with Crippen molar-refractivity contribution in [2.45, 2.75) is 31.3 Å².